The molecular formula is C9H17N. The smallest absolute Gasteiger partial charge is 0.0281 e. The Hall–Kier alpha value is -0.300. The van der Waals surface area contributed by atoms with Crippen molar-refractivity contribution < 1.29 is 0 Å². The fraction of sp³-hybridized carbons (Fsp3) is 0.778. The molecule has 0 aromatic heterocycles. The molecule has 1 aliphatic rings. The SMILES string of the molecule is CC1=CC(C(C)C)NC1C. The van der Waals surface area contributed by atoms with Gasteiger partial charge in [0.15, 0.2) is 0 Å². The van der Waals surface area contributed by atoms with Crippen LogP contribution in [0.1, 0.15) is 27.7 Å². The van der Waals surface area contributed by atoms with Crippen molar-refractivity contribution in [2.75, 3.05) is 0 Å². The van der Waals surface area contributed by atoms with E-state index in [1.807, 2.05) is 0 Å². The fourth-order valence-corrected chi connectivity index (χ4v) is 1.28. The van der Waals surface area contributed by atoms with Crippen LogP contribution in [0.3, 0.4) is 0 Å². The van der Waals surface area contributed by atoms with Gasteiger partial charge in [0.2, 0.25) is 0 Å². The van der Waals surface area contributed by atoms with Crippen molar-refractivity contribution in [2.24, 2.45) is 5.92 Å². The van der Waals surface area contributed by atoms with E-state index in [1.165, 1.54) is 5.57 Å². The molecule has 10 heavy (non-hydrogen) atoms. The van der Waals surface area contributed by atoms with E-state index in [-0.39, 0.29) is 0 Å². The summed E-state index contributed by atoms with van der Waals surface area (Å²) in [4.78, 5) is 0. The monoisotopic (exact) mass is 139 g/mol. The minimum Gasteiger partial charge on any atom is -0.304 e. The summed E-state index contributed by atoms with van der Waals surface area (Å²) in [5, 5.41) is 3.51. The van der Waals surface area contributed by atoms with Gasteiger partial charge in [0, 0.05) is 12.1 Å². The van der Waals surface area contributed by atoms with Crippen LogP contribution < -0.4 is 5.32 Å². The second-order valence-electron chi connectivity index (χ2n) is 3.57. The van der Waals surface area contributed by atoms with Gasteiger partial charge in [-0.1, -0.05) is 25.5 Å². The molecule has 0 aliphatic carbocycles. The van der Waals surface area contributed by atoms with Gasteiger partial charge in [-0.2, -0.15) is 0 Å². The Bertz CT molecular complexity index is 147. The van der Waals surface area contributed by atoms with Gasteiger partial charge in [-0.15, -0.1) is 0 Å². The summed E-state index contributed by atoms with van der Waals surface area (Å²) >= 11 is 0. The summed E-state index contributed by atoms with van der Waals surface area (Å²) in [6.07, 6.45) is 2.34. The van der Waals surface area contributed by atoms with Gasteiger partial charge >= 0.3 is 0 Å². The largest absolute Gasteiger partial charge is 0.304 e. The highest BCUT2D eigenvalue weighted by Gasteiger charge is 2.20. The van der Waals surface area contributed by atoms with Gasteiger partial charge < -0.3 is 5.32 Å². The molecule has 1 nitrogen and oxygen atoms in total. The molecule has 0 aromatic carbocycles. The van der Waals surface area contributed by atoms with Crippen LogP contribution in [0.5, 0.6) is 0 Å². The van der Waals surface area contributed by atoms with E-state index in [2.05, 4.69) is 39.1 Å². The molecule has 2 unspecified atom stereocenters. The Balaban J connectivity index is 2.56. The molecule has 58 valence electrons. The lowest BCUT2D eigenvalue weighted by atomic mass is 10.1. The van der Waals surface area contributed by atoms with E-state index in [9.17, 15) is 0 Å². The lowest BCUT2D eigenvalue weighted by molar-refractivity contribution is 0.468. The Morgan fingerprint density at radius 2 is 2.10 bits per heavy atom. The standard InChI is InChI=1S/C9H17N/c1-6(2)9-5-7(3)8(4)10-9/h5-6,8-10H,1-4H3. The molecule has 0 aromatic rings. The molecule has 0 radical (unpaired) electrons. The van der Waals surface area contributed by atoms with E-state index in [4.69, 9.17) is 0 Å². The van der Waals surface area contributed by atoms with E-state index in [0.717, 1.165) is 5.92 Å². The molecular weight excluding hydrogens is 122 g/mol. The maximum atomic E-state index is 3.51. The van der Waals surface area contributed by atoms with Crippen LogP contribution >= 0.6 is 0 Å². The zero-order valence-corrected chi connectivity index (χ0v) is 7.31. The minimum absolute atomic E-state index is 0.590. The molecule has 0 spiro atoms. The number of nitrogens with one attached hydrogen (secondary N) is 1. The van der Waals surface area contributed by atoms with Crippen LogP contribution in [0, 0.1) is 5.92 Å². The van der Waals surface area contributed by atoms with Crippen LogP contribution in [0.15, 0.2) is 11.6 Å². The first-order chi connectivity index (χ1) is 4.61. The van der Waals surface area contributed by atoms with Crippen LogP contribution in [0.25, 0.3) is 0 Å². The normalized spacial score (nSPS) is 33.1. The lowest BCUT2D eigenvalue weighted by Crippen LogP contribution is -2.32. The number of hydrogen-bond acceptors (Lipinski definition) is 1. The zero-order valence-electron chi connectivity index (χ0n) is 7.31. The number of rotatable bonds is 1. The van der Waals surface area contributed by atoms with E-state index in [1.54, 1.807) is 0 Å². The van der Waals surface area contributed by atoms with Crippen molar-refractivity contribution in [1.29, 1.82) is 0 Å². The van der Waals surface area contributed by atoms with Crippen LogP contribution in [-0.2, 0) is 0 Å². The maximum Gasteiger partial charge on any atom is 0.0281 e. The second-order valence-corrected chi connectivity index (χ2v) is 3.57. The van der Waals surface area contributed by atoms with Crippen molar-refractivity contribution in [2.45, 2.75) is 39.8 Å². The molecule has 1 heterocycles. The lowest BCUT2D eigenvalue weighted by Gasteiger charge is -2.15. The van der Waals surface area contributed by atoms with Gasteiger partial charge in [-0.25, -0.2) is 0 Å². The van der Waals surface area contributed by atoms with E-state index < -0.39 is 0 Å². The van der Waals surface area contributed by atoms with E-state index in [0.29, 0.717) is 12.1 Å². The van der Waals surface area contributed by atoms with Gasteiger partial charge in [-0.05, 0) is 19.8 Å². The predicted molar refractivity (Wildman–Crippen MR) is 45.0 cm³/mol. The number of hydrogen-bond donors (Lipinski definition) is 1. The van der Waals surface area contributed by atoms with Crippen molar-refractivity contribution in [1.82, 2.24) is 5.32 Å². The third kappa shape index (κ3) is 1.40. The molecule has 1 N–H and O–H groups in total. The highest BCUT2D eigenvalue weighted by molar-refractivity contribution is 5.18. The Kier molecular flexibility index (Phi) is 2.14. The first-order valence-electron chi connectivity index (χ1n) is 4.05. The quantitative estimate of drug-likeness (QED) is 0.547. The first-order valence-corrected chi connectivity index (χ1v) is 4.05. The van der Waals surface area contributed by atoms with Gasteiger partial charge in [0.25, 0.3) is 0 Å². The average Bonchev–Trinajstić information content (AvgIpc) is 2.13. The summed E-state index contributed by atoms with van der Waals surface area (Å²) in [7, 11) is 0. The Morgan fingerprint density at radius 1 is 1.50 bits per heavy atom. The summed E-state index contributed by atoms with van der Waals surface area (Å²) < 4.78 is 0. The van der Waals surface area contributed by atoms with Crippen molar-refractivity contribution in [3.63, 3.8) is 0 Å². The highest BCUT2D eigenvalue weighted by atomic mass is 15.0. The van der Waals surface area contributed by atoms with E-state index >= 15 is 0 Å². The topological polar surface area (TPSA) is 12.0 Å². The molecule has 1 heteroatoms. The predicted octanol–water partition coefficient (Wildman–Crippen LogP) is 1.95. The average molecular weight is 139 g/mol. The summed E-state index contributed by atoms with van der Waals surface area (Å²) in [5.41, 5.74) is 1.48. The van der Waals surface area contributed by atoms with Crippen LogP contribution in [0.2, 0.25) is 0 Å². The zero-order chi connectivity index (χ0) is 7.72. The fourth-order valence-electron chi connectivity index (χ4n) is 1.28. The maximum absolute atomic E-state index is 3.51. The molecule has 0 amide bonds. The summed E-state index contributed by atoms with van der Waals surface area (Å²) in [5.74, 6) is 0.722. The van der Waals surface area contributed by atoms with Gasteiger partial charge in [0.1, 0.15) is 0 Å². The molecule has 1 rings (SSSR count). The van der Waals surface area contributed by atoms with Crippen molar-refractivity contribution in [3.05, 3.63) is 11.6 Å². The van der Waals surface area contributed by atoms with Crippen molar-refractivity contribution in [3.8, 4) is 0 Å². The molecule has 0 fully saturated rings. The Labute approximate surface area is 63.5 Å². The van der Waals surface area contributed by atoms with Crippen molar-refractivity contribution >= 4 is 0 Å². The minimum atomic E-state index is 0.590. The van der Waals surface area contributed by atoms with Crippen LogP contribution in [0.4, 0.5) is 0 Å². The first kappa shape index (κ1) is 7.80. The highest BCUT2D eigenvalue weighted by Crippen LogP contribution is 2.16. The third-order valence-corrected chi connectivity index (χ3v) is 2.29. The summed E-state index contributed by atoms with van der Waals surface area (Å²) in [6, 6.07) is 1.20. The molecule has 0 saturated heterocycles. The molecule has 0 saturated carbocycles. The molecule has 1 aliphatic heterocycles. The molecule has 0 bridgehead atoms. The Morgan fingerprint density at radius 3 is 2.30 bits per heavy atom. The van der Waals surface area contributed by atoms with Gasteiger partial charge in [0.05, 0.1) is 0 Å². The summed E-state index contributed by atoms with van der Waals surface area (Å²) in [6.45, 7) is 8.91. The molecule has 2 atom stereocenters. The third-order valence-electron chi connectivity index (χ3n) is 2.29. The van der Waals surface area contributed by atoms with Crippen LogP contribution in [-0.4, -0.2) is 12.1 Å². The second kappa shape index (κ2) is 2.75. The van der Waals surface area contributed by atoms with Gasteiger partial charge in [-0.3, -0.25) is 0 Å².